The van der Waals surface area contributed by atoms with Gasteiger partial charge in [-0.25, -0.2) is 0 Å². The van der Waals surface area contributed by atoms with Gasteiger partial charge in [-0.15, -0.1) is 11.8 Å². The predicted molar refractivity (Wildman–Crippen MR) is 137 cm³/mol. The highest BCUT2D eigenvalue weighted by molar-refractivity contribution is 8.01. The van der Waals surface area contributed by atoms with Gasteiger partial charge in [-0.1, -0.05) is 32.0 Å². The normalized spacial score (nSPS) is 24.3. The van der Waals surface area contributed by atoms with E-state index in [0.29, 0.717) is 18.5 Å². The fourth-order valence-corrected chi connectivity index (χ4v) is 6.81. The second-order valence-corrected chi connectivity index (χ2v) is 12.3. The van der Waals surface area contributed by atoms with Crippen LogP contribution in [0.25, 0.3) is 0 Å². The Kier molecular flexibility index (Phi) is 8.08. The number of thioether (sulfide) groups is 1. The molecule has 0 bridgehead atoms. The van der Waals surface area contributed by atoms with E-state index >= 15 is 0 Å². The molecule has 0 radical (unpaired) electrons. The number of carbonyl (C=O) groups excluding carboxylic acids is 3. The van der Waals surface area contributed by atoms with Gasteiger partial charge in [0.1, 0.15) is 17.5 Å². The minimum atomic E-state index is -0.652. The third kappa shape index (κ3) is 5.67. The van der Waals surface area contributed by atoms with Crippen molar-refractivity contribution in [3.8, 4) is 0 Å². The summed E-state index contributed by atoms with van der Waals surface area (Å²) in [6.07, 6.45) is 1.39. The molecule has 1 aromatic carbocycles. The Morgan fingerprint density at radius 3 is 2.63 bits per heavy atom. The van der Waals surface area contributed by atoms with Crippen molar-refractivity contribution in [3.63, 3.8) is 0 Å². The van der Waals surface area contributed by atoms with Crippen molar-refractivity contribution < 1.29 is 19.1 Å². The molecule has 0 aliphatic carbocycles. The van der Waals surface area contributed by atoms with Crippen LogP contribution in [0.5, 0.6) is 0 Å². The van der Waals surface area contributed by atoms with E-state index in [1.54, 1.807) is 16.7 Å². The van der Waals surface area contributed by atoms with E-state index in [1.807, 2.05) is 52.0 Å². The summed E-state index contributed by atoms with van der Waals surface area (Å²) >= 11 is 1.63. The topological polar surface area (TPSA) is 91.0 Å². The van der Waals surface area contributed by atoms with Crippen LogP contribution >= 0.6 is 11.8 Å². The van der Waals surface area contributed by atoms with Crippen LogP contribution in [0.3, 0.4) is 0 Å². The zero-order chi connectivity index (χ0) is 25.2. The summed E-state index contributed by atoms with van der Waals surface area (Å²) in [4.78, 5) is 44.0. The maximum absolute atomic E-state index is 13.6. The molecule has 35 heavy (non-hydrogen) atoms. The van der Waals surface area contributed by atoms with Crippen LogP contribution in [0.15, 0.2) is 24.3 Å². The third-order valence-electron chi connectivity index (χ3n) is 6.94. The molecule has 2 fully saturated rings. The first-order valence-electron chi connectivity index (χ1n) is 12.7. The van der Waals surface area contributed by atoms with Gasteiger partial charge in [0.2, 0.25) is 11.8 Å². The van der Waals surface area contributed by atoms with E-state index < -0.39 is 16.8 Å². The van der Waals surface area contributed by atoms with Gasteiger partial charge in [-0.05, 0) is 50.8 Å². The number of benzene rings is 1. The maximum Gasteiger partial charge on any atom is 0.256 e. The molecule has 192 valence electrons. The number of nitrogens with one attached hydrogen (secondary N) is 2. The molecule has 3 heterocycles. The summed E-state index contributed by atoms with van der Waals surface area (Å²) in [5.41, 5.74) is 1.62. The van der Waals surface area contributed by atoms with Gasteiger partial charge >= 0.3 is 0 Å². The fraction of sp³-hybridized carbons (Fsp3) is 0.654. The Morgan fingerprint density at radius 1 is 1.20 bits per heavy atom. The van der Waals surface area contributed by atoms with Crippen LogP contribution < -0.4 is 10.6 Å². The zero-order valence-electron chi connectivity index (χ0n) is 21.2. The summed E-state index contributed by atoms with van der Waals surface area (Å²) in [7, 11) is 0. The van der Waals surface area contributed by atoms with E-state index in [4.69, 9.17) is 4.74 Å². The quantitative estimate of drug-likeness (QED) is 0.504. The number of hydrogen-bond donors (Lipinski definition) is 2. The molecule has 2 saturated heterocycles. The number of hydrogen-bond acceptors (Lipinski definition) is 6. The highest BCUT2D eigenvalue weighted by Gasteiger charge is 2.57. The first-order chi connectivity index (χ1) is 16.7. The Balaban J connectivity index is 1.39. The molecule has 4 rings (SSSR count). The van der Waals surface area contributed by atoms with E-state index in [2.05, 4.69) is 15.5 Å². The number of rotatable bonds is 9. The molecule has 3 amide bonds. The van der Waals surface area contributed by atoms with Gasteiger partial charge in [0.25, 0.3) is 5.91 Å². The average Bonchev–Trinajstić information content (AvgIpc) is 3.25. The van der Waals surface area contributed by atoms with E-state index in [9.17, 15) is 14.4 Å². The molecule has 3 aliphatic rings. The van der Waals surface area contributed by atoms with Crippen molar-refractivity contribution in [1.29, 1.82) is 0 Å². The SMILES string of the molecule is CC(C)C[C@H](NC(=O)[C@H]1N2C(=O)c3ccccc3[C@@H]2SC1(C)C)C(=O)NCCCN1CCOCC1. The van der Waals surface area contributed by atoms with Gasteiger partial charge in [-0.2, -0.15) is 0 Å². The number of nitrogens with zero attached hydrogens (tertiary/aromatic N) is 2. The van der Waals surface area contributed by atoms with Gasteiger partial charge in [0.05, 0.1) is 13.2 Å². The lowest BCUT2D eigenvalue weighted by molar-refractivity contribution is -0.132. The van der Waals surface area contributed by atoms with Gasteiger partial charge in [0, 0.05) is 29.9 Å². The summed E-state index contributed by atoms with van der Waals surface area (Å²) in [6, 6.07) is 6.29. The summed E-state index contributed by atoms with van der Waals surface area (Å²) in [5.74, 6) is -0.307. The maximum atomic E-state index is 13.6. The number of amides is 3. The smallest absolute Gasteiger partial charge is 0.256 e. The third-order valence-corrected chi connectivity index (χ3v) is 8.47. The highest BCUT2D eigenvalue weighted by Crippen LogP contribution is 2.56. The van der Waals surface area contributed by atoms with Crippen molar-refractivity contribution in [2.75, 3.05) is 39.4 Å². The summed E-state index contributed by atoms with van der Waals surface area (Å²) < 4.78 is 4.90. The minimum absolute atomic E-state index is 0.114. The highest BCUT2D eigenvalue weighted by atomic mass is 32.2. The molecule has 9 heteroatoms. The van der Waals surface area contributed by atoms with Gasteiger partial charge in [-0.3, -0.25) is 19.3 Å². The molecule has 0 aromatic heterocycles. The zero-order valence-corrected chi connectivity index (χ0v) is 22.0. The second-order valence-electron chi connectivity index (χ2n) is 10.6. The molecule has 3 aliphatic heterocycles. The van der Waals surface area contributed by atoms with E-state index in [1.165, 1.54) is 0 Å². The van der Waals surface area contributed by atoms with Crippen molar-refractivity contribution >= 4 is 29.5 Å². The lowest BCUT2D eigenvalue weighted by Gasteiger charge is -2.31. The molecular formula is C26H38N4O4S. The first-order valence-corrected chi connectivity index (χ1v) is 13.5. The monoisotopic (exact) mass is 502 g/mol. The standard InChI is InChI=1S/C26H38N4O4S/c1-17(2)16-20(22(31)27-10-7-11-29-12-14-34-15-13-29)28-23(32)21-26(3,4)35-25-19-9-6-5-8-18(19)24(33)30(21)25/h5-6,8-9,17,20-21,25H,7,10-16H2,1-4H3,(H,27,31)(H,28,32)/t20-,21+,25-/m0/s1. The van der Waals surface area contributed by atoms with Crippen molar-refractivity contribution in [2.24, 2.45) is 5.92 Å². The van der Waals surface area contributed by atoms with Crippen molar-refractivity contribution in [2.45, 2.75) is 62.7 Å². The molecule has 1 aromatic rings. The van der Waals surface area contributed by atoms with Crippen LogP contribution in [0.1, 0.15) is 61.8 Å². The van der Waals surface area contributed by atoms with Crippen LogP contribution in [0.2, 0.25) is 0 Å². The van der Waals surface area contributed by atoms with E-state index in [0.717, 1.165) is 44.8 Å². The predicted octanol–water partition coefficient (Wildman–Crippen LogP) is 2.40. The number of fused-ring (bicyclic) bond motifs is 3. The second kappa shape index (κ2) is 10.9. The van der Waals surface area contributed by atoms with Crippen LogP contribution in [-0.2, 0) is 14.3 Å². The fourth-order valence-electron chi connectivity index (χ4n) is 5.22. The van der Waals surface area contributed by atoms with Crippen LogP contribution in [-0.4, -0.2) is 83.7 Å². The Labute approximate surface area is 212 Å². The number of morpholine rings is 1. The number of ether oxygens (including phenoxy) is 1. The molecule has 0 unspecified atom stereocenters. The molecular weight excluding hydrogens is 464 g/mol. The lowest BCUT2D eigenvalue weighted by Crippen LogP contribution is -2.57. The average molecular weight is 503 g/mol. The Morgan fingerprint density at radius 2 is 1.91 bits per heavy atom. The van der Waals surface area contributed by atoms with Gasteiger partial charge in [0.15, 0.2) is 0 Å². The molecule has 3 atom stereocenters. The first kappa shape index (κ1) is 26.0. The summed E-state index contributed by atoms with van der Waals surface area (Å²) in [5, 5.41) is 5.85. The molecule has 8 nitrogen and oxygen atoms in total. The Bertz CT molecular complexity index is 947. The van der Waals surface area contributed by atoms with Crippen molar-refractivity contribution in [1.82, 2.24) is 20.4 Å². The lowest BCUT2D eigenvalue weighted by atomic mass is 9.98. The van der Waals surface area contributed by atoms with E-state index in [-0.39, 0.29) is 29.0 Å². The largest absolute Gasteiger partial charge is 0.379 e. The Hall–Kier alpha value is -2.10. The molecule has 0 spiro atoms. The van der Waals surface area contributed by atoms with Crippen molar-refractivity contribution in [3.05, 3.63) is 35.4 Å². The number of carbonyl (C=O) groups is 3. The van der Waals surface area contributed by atoms with Crippen LogP contribution in [0.4, 0.5) is 0 Å². The minimum Gasteiger partial charge on any atom is -0.379 e. The van der Waals surface area contributed by atoms with Crippen LogP contribution in [0, 0.1) is 5.92 Å². The molecule has 2 N–H and O–H groups in total. The molecule has 0 saturated carbocycles. The van der Waals surface area contributed by atoms with Gasteiger partial charge < -0.3 is 20.3 Å². The summed E-state index contributed by atoms with van der Waals surface area (Å²) in [6.45, 7) is 12.9.